The van der Waals surface area contributed by atoms with Gasteiger partial charge < -0.3 is 14.6 Å². The van der Waals surface area contributed by atoms with Gasteiger partial charge in [-0.15, -0.1) is 0 Å². The Morgan fingerprint density at radius 2 is 2.04 bits per heavy atom. The molecule has 0 aromatic heterocycles. The van der Waals surface area contributed by atoms with Crippen molar-refractivity contribution in [3.63, 3.8) is 0 Å². The number of phenols is 1. The summed E-state index contributed by atoms with van der Waals surface area (Å²) in [6.45, 7) is 5.48. The van der Waals surface area contributed by atoms with E-state index in [1.165, 1.54) is 0 Å². The SMILES string of the molecule is CCOc1cc([N+](=O)[O-])cc(/C=N/NC(=O)COc2cccc(C)c2C)c1O. The molecule has 0 aliphatic carbocycles. The molecule has 0 bridgehead atoms. The van der Waals surface area contributed by atoms with Gasteiger partial charge in [0.05, 0.1) is 23.8 Å². The number of hydrazone groups is 1. The summed E-state index contributed by atoms with van der Waals surface area (Å²) < 4.78 is 10.6. The van der Waals surface area contributed by atoms with Crippen LogP contribution in [0.4, 0.5) is 5.69 Å². The minimum absolute atomic E-state index is 0.0356. The van der Waals surface area contributed by atoms with E-state index in [-0.39, 0.29) is 36.0 Å². The Bertz CT molecular complexity index is 911. The van der Waals surface area contributed by atoms with Gasteiger partial charge in [0.15, 0.2) is 18.1 Å². The van der Waals surface area contributed by atoms with Crippen molar-refractivity contribution in [2.24, 2.45) is 5.10 Å². The average molecular weight is 387 g/mol. The molecule has 148 valence electrons. The molecule has 0 aliphatic heterocycles. The summed E-state index contributed by atoms with van der Waals surface area (Å²) in [5.41, 5.74) is 3.99. The lowest BCUT2D eigenvalue weighted by Gasteiger charge is -2.10. The number of benzene rings is 2. The first-order valence-electron chi connectivity index (χ1n) is 8.48. The van der Waals surface area contributed by atoms with E-state index in [2.05, 4.69) is 10.5 Å². The average Bonchev–Trinajstić information content (AvgIpc) is 2.65. The molecule has 0 unspecified atom stereocenters. The first-order valence-corrected chi connectivity index (χ1v) is 8.48. The number of carbonyl (C=O) groups excluding carboxylic acids is 1. The van der Waals surface area contributed by atoms with Gasteiger partial charge in [-0.25, -0.2) is 5.43 Å². The number of hydrogen-bond acceptors (Lipinski definition) is 7. The molecule has 0 spiro atoms. The van der Waals surface area contributed by atoms with Crippen LogP contribution >= 0.6 is 0 Å². The first-order chi connectivity index (χ1) is 13.3. The quantitative estimate of drug-likeness (QED) is 0.408. The van der Waals surface area contributed by atoms with E-state index in [9.17, 15) is 20.0 Å². The van der Waals surface area contributed by atoms with Gasteiger partial charge in [0.1, 0.15) is 5.75 Å². The number of carbonyl (C=O) groups is 1. The second-order valence-corrected chi connectivity index (χ2v) is 5.85. The highest BCUT2D eigenvalue weighted by atomic mass is 16.6. The highest BCUT2D eigenvalue weighted by Gasteiger charge is 2.16. The lowest BCUT2D eigenvalue weighted by Crippen LogP contribution is -2.24. The van der Waals surface area contributed by atoms with Crippen LogP contribution in [0, 0.1) is 24.0 Å². The van der Waals surface area contributed by atoms with E-state index in [0.29, 0.717) is 5.75 Å². The van der Waals surface area contributed by atoms with Crippen molar-refractivity contribution in [3.05, 3.63) is 57.1 Å². The van der Waals surface area contributed by atoms with Gasteiger partial charge >= 0.3 is 0 Å². The first kappa shape index (κ1) is 20.7. The number of nitrogens with zero attached hydrogens (tertiary/aromatic N) is 2. The fraction of sp³-hybridized carbons (Fsp3) is 0.263. The Hall–Kier alpha value is -3.62. The van der Waals surface area contributed by atoms with Crippen LogP contribution in [0.1, 0.15) is 23.6 Å². The Morgan fingerprint density at radius 1 is 1.29 bits per heavy atom. The third-order valence-electron chi connectivity index (χ3n) is 3.91. The van der Waals surface area contributed by atoms with Gasteiger partial charge in [-0.05, 0) is 38.0 Å². The lowest BCUT2D eigenvalue weighted by molar-refractivity contribution is -0.385. The third kappa shape index (κ3) is 5.19. The van der Waals surface area contributed by atoms with Crippen molar-refractivity contribution < 1.29 is 24.3 Å². The Balaban J connectivity index is 2.04. The van der Waals surface area contributed by atoms with Crippen molar-refractivity contribution in [1.29, 1.82) is 0 Å². The summed E-state index contributed by atoms with van der Waals surface area (Å²) in [7, 11) is 0. The number of amides is 1. The number of nitro benzene ring substituents is 1. The van der Waals surface area contributed by atoms with Crippen molar-refractivity contribution in [2.45, 2.75) is 20.8 Å². The zero-order valence-corrected chi connectivity index (χ0v) is 15.8. The molecular weight excluding hydrogens is 366 g/mol. The van der Waals surface area contributed by atoms with E-state index in [4.69, 9.17) is 9.47 Å². The van der Waals surface area contributed by atoms with Crippen molar-refractivity contribution >= 4 is 17.8 Å². The van der Waals surface area contributed by atoms with Gasteiger partial charge in [0, 0.05) is 11.6 Å². The van der Waals surface area contributed by atoms with Crippen molar-refractivity contribution in [2.75, 3.05) is 13.2 Å². The molecule has 0 fully saturated rings. The summed E-state index contributed by atoms with van der Waals surface area (Å²) in [5, 5.41) is 24.8. The molecule has 0 atom stereocenters. The Kier molecular flexibility index (Phi) is 6.91. The number of phenolic OH excluding ortho intramolecular Hbond substituents is 1. The van der Waals surface area contributed by atoms with E-state index in [1.807, 2.05) is 26.0 Å². The fourth-order valence-corrected chi connectivity index (χ4v) is 2.31. The molecule has 2 aromatic rings. The van der Waals surface area contributed by atoms with Crippen LogP contribution in [0.3, 0.4) is 0 Å². The molecule has 9 heteroatoms. The van der Waals surface area contributed by atoms with E-state index < -0.39 is 10.8 Å². The number of nitro groups is 1. The largest absolute Gasteiger partial charge is 0.504 e. The lowest BCUT2D eigenvalue weighted by atomic mass is 10.1. The normalized spacial score (nSPS) is 10.7. The molecule has 0 heterocycles. The van der Waals surface area contributed by atoms with Crippen LogP contribution in [-0.4, -0.2) is 35.4 Å². The van der Waals surface area contributed by atoms with Gasteiger partial charge in [-0.1, -0.05) is 12.1 Å². The second kappa shape index (κ2) is 9.36. The molecule has 0 radical (unpaired) electrons. The molecule has 2 N–H and O–H groups in total. The molecule has 2 aromatic carbocycles. The standard InChI is InChI=1S/C19H21N3O6/c1-4-27-17-9-15(22(25)26)8-14(19(17)24)10-20-21-18(23)11-28-16-7-5-6-12(2)13(16)3/h5-10,24H,4,11H2,1-3H3,(H,21,23)/b20-10+. The van der Waals surface area contributed by atoms with E-state index in [1.54, 1.807) is 13.0 Å². The zero-order chi connectivity index (χ0) is 20.7. The Labute approximate surface area is 161 Å². The summed E-state index contributed by atoms with van der Waals surface area (Å²) in [4.78, 5) is 22.3. The van der Waals surface area contributed by atoms with Gasteiger partial charge in [0.2, 0.25) is 0 Å². The van der Waals surface area contributed by atoms with Crippen LogP contribution in [-0.2, 0) is 4.79 Å². The maximum atomic E-state index is 11.9. The number of ether oxygens (including phenoxy) is 2. The number of non-ortho nitro benzene ring substituents is 1. The molecule has 9 nitrogen and oxygen atoms in total. The monoisotopic (exact) mass is 387 g/mol. The van der Waals surface area contributed by atoms with Crippen LogP contribution < -0.4 is 14.9 Å². The topological polar surface area (TPSA) is 123 Å². The van der Waals surface area contributed by atoms with E-state index in [0.717, 1.165) is 29.5 Å². The molecular formula is C19H21N3O6. The maximum Gasteiger partial charge on any atom is 0.277 e. The molecule has 2 rings (SSSR count). The highest BCUT2D eigenvalue weighted by molar-refractivity contribution is 5.87. The van der Waals surface area contributed by atoms with Crippen molar-refractivity contribution in [3.8, 4) is 17.2 Å². The summed E-state index contributed by atoms with van der Waals surface area (Å²) in [5.74, 6) is -0.274. The molecule has 1 amide bonds. The van der Waals surface area contributed by atoms with Crippen LogP contribution in [0.5, 0.6) is 17.2 Å². The fourth-order valence-electron chi connectivity index (χ4n) is 2.31. The minimum Gasteiger partial charge on any atom is -0.504 e. The summed E-state index contributed by atoms with van der Waals surface area (Å²) >= 11 is 0. The highest BCUT2D eigenvalue weighted by Crippen LogP contribution is 2.33. The zero-order valence-electron chi connectivity index (χ0n) is 15.8. The predicted octanol–water partition coefficient (Wildman–Crippen LogP) is 2.85. The van der Waals surface area contributed by atoms with Crippen LogP contribution in [0.2, 0.25) is 0 Å². The summed E-state index contributed by atoms with van der Waals surface area (Å²) in [6, 6.07) is 7.77. The number of rotatable bonds is 8. The third-order valence-corrected chi connectivity index (χ3v) is 3.91. The van der Waals surface area contributed by atoms with Gasteiger partial charge in [-0.3, -0.25) is 14.9 Å². The predicted molar refractivity (Wildman–Crippen MR) is 103 cm³/mol. The number of aryl methyl sites for hydroxylation is 1. The molecule has 28 heavy (non-hydrogen) atoms. The number of hydrogen-bond donors (Lipinski definition) is 2. The molecule has 0 saturated carbocycles. The van der Waals surface area contributed by atoms with Crippen LogP contribution in [0.25, 0.3) is 0 Å². The Morgan fingerprint density at radius 3 is 2.71 bits per heavy atom. The second-order valence-electron chi connectivity index (χ2n) is 5.85. The smallest absolute Gasteiger partial charge is 0.277 e. The van der Waals surface area contributed by atoms with Crippen LogP contribution in [0.15, 0.2) is 35.4 Å². The number of aromatic hydroxyl groups is 1. The van der Waals surface area contributed by atoms with E-state index >= 15 is 0 Å². The van der Waals surface area contributed by atoms with Crippen molar-refractivity contribution in [1.82, 2.24) is 5.43 Å². The maximum absolute atomic E-state index is 11.9. The molecule has 0 aliphatic rings. The van der Waals surface area contributed by atoms with Gasteiger partial charge in [-0.2, -0.15) is 5.10 Å². The number of nitrogens with one attached hydrogen (secondary N) is 1. The molecule has 0 saturated heterocycles. The van der Waals surface area contributed by atoms with Gasteiger partial charge in [0.25, 0.3) is 11.6 Å². The summed E-state index contributed by atoms with van der Waals surface area (Å²) in [6.07, 6.45) is 1.10. The minimum atomic E-state index is -0.615.